The molecule has 1 aromatic carbocycles. The Labute approximate surface area is 162 Å². The standard InChI is InChI=1S/C20H23N3O3S/c21-20(26)16(12-14-4-2-1-3-5-14)22-18(24)6-7-19(25)23-10-8-17-15(13-23)9-11-27-17/h1-5,9,11,16H,6-8,10,12-13H2,(H2,21,26)(H,22,24). The van der Waals surface area contributed by atoms with E-state index >= 15 is 0 Å². The molecule has 3 N–H and O–H groups in total. The van der Waals surface area contributed by atoms with Crippen molar-refractivity contribution in [2.24, 2.45) is 5.73 Å². The van der Waals surface area contributed by atoms with E-state index < -0.39 is 11.9 Å². The van der Waals surface area contributed by atoms with E-state index in [0.717, 1.165) is 12.0 Å². The van der Waals surface area contributed by atoms with E-state index in [2.05, 4.69) is 5.32 Å². The third-order valence-electron chi connectivity index (χ3n) is 4.69. The minimum absolute atomic E-state index is 0.0410. The first-order chi connectivity index (χ1) is 13.0. The van der Waals surface area contributed by atoms with Gasteiger partial charge < -0.3 is 16.0 Å². The first-order valence-electron chi connectivity index (χ1n) is 8.98. The summed E-state index contributed by atoms with van der Waals surface area (Å²) in [6.07, 6.45) is 1.38. The second kappa shape index (κ2) is 8.81. The molecule has 1 aromatic heterocycles. The summed E-state index contributed by atoms with van der Waals surface area (Å²) >= 11 is 1.72. The molecular weight excluding hydrogens is 362 g/mol. The highest BCUT2D eigenvalue weighted by atomic mass is 32.1. The summed E-state index contributed by atoms with van der Waals surface area (Å²) in [5.74, 6) is -0.962. The Morgan fingerprint density at radius 1 is 1.15 bits per heavy atom. The van der Waals surface area contributed by atoms with Gasteiger partial charge in [0.15, 0.2) is 0 Å². The molecule has 1 unspecified atom stereocenters. The zero-order valence-corrected chi connectivity index (χ0v) is 15.8. The molecule has 0 spiro atoms. The molecule has 3 rings (SSSR count). The van der Waals surface area contributed by atoms with E-state index in [0.29, 0.717) is 19.5 Å². The molecule has 0 fully saturated rings. The molecule has 0 aliphatic carbocycles. The number of hydrogen-bond donors (Lipinski definition) is 2. The number of amides is 3. The van der Waals surface area contributed by atoms with Crippen LogP contribution in [0.5, 0.6) is 0 Å². The van der Waals surface area contributed by atoms with Crippen LogP contribution in [0, 0.1) is 0 Å². The zero-order chi connectivity index (χ0) is 19.2. The molecule has 0 radical (unpaired) electrons. The molecule has 0 saturated carbocycles. The average Bonchev–Trinajstić information content (AvgIpc) is 3.14. The van der Waals surface area contributed by atoms with Crippen LogP contribution in [0.4, 0.5) is 0 Å². The molecular formula is C20H23N3O3S. The van der Waals surface area contributed by atoms with Crippen LogP contribution in [-0.4, -0.2) is 35.2 Å². The minimum Gasteiger partial charge on any atom is -0.368 e. The summed E-state index contributed by atoms with van der Waals surface area (Å²) in [4.78, 5) is 39.4. The predicted molar refractivity (Wildman–Crippen MR) is 104 cm³/mol. The maximum atomic E-state index is 12.4. The fourth-order valence-electron chi connectivity index (χ4n) is 3.18. The normalized spacial score (nSPS) is 14.3. The van der Waals surface area contributed by atoms with Crippen LogP contribution < -0.4 is 11.1 Å². The Hall–Kier alpha value is -2.67. The summed E-state index contributed by atoms with van der Waals surface area (Å²) in [7, 11) is 0. The van der Waals surface area contributed by atoms with E-state index in [1.165, 1.54) is 10.4 Å². The number of hydrogen-bond acceptors (Lipinski definition) is 4. The van der Waals surface area contributed by atoms with Gasteiger partial charge in [-0.2, -0.15) is 0 Å². The Balaban J connectivity index is 1.48. The molecule has 7 heteroatoms. The smallest absolute Gasteiger partial charge is 0.240 e. The summed E-state index contributed by atoms with van der Waals surface area (Å²) in [6, 6.07) is 10.6. The molecule has 1 aliphatic rings. The molecule has 142 valence electrons. The third-order valence-corrected chi connectivity index (χ3v) is 5.71. The van der Waals surface area contributed by atoms with E-state index in [1.54, 1.807) is 16.2 Å². The summed E-state index contributed by atoms with van der Waals surface area (Å²) in [5.41, 5.74) is 7.52. The number of carbonyl (C=O) groups excluding carboxylic acids is 3. The highest BCUT2D eigenvalue weighted by molar-refractivity contribution is 7.10. The minimum atomic E-state index is -0.779. The maximum absolute atomic E-state index is 12.4. The number of thiophene rings is 1. The lowest BCUT2D eigenvalue weighted by Crippen LogP contribution is -2.46. The van der Waals surface area contributed by atoms with Crippen molar-refractivity contribution in [2.75, 3.05) is 6.54 Å². The van der Waals surface area contributed by atoms with Crippen LogP contribution in [0.2, 0.25) is 0 Å². The lowest BCUT2D eigenvalue weighted by atomic mass is 10.1. The van der Waals surface area contributed by atoms with Crippen molar-refractivity contribution in [1.82, 2.24) is 10.2 Å². The van der Waals surface area contributed by atoms with E-state index in [-0.39, 0.29) is 24.7 Å². The first-order valence-corrected chi connectivity index (χ1v) is 9.86. The topological polar surface area (TPSA) is 92.5 Å². The molecule has 1 atom stereocenters. The Kier molecular flexibility index (Phi) is 6.24. The van der Waals surface area contributed by atoms with Crippen LogP contribution in [0.15, 0.2) is 41.8 Å². The highest BCUT2D eigenvalue weighted by Gasteiger charge is 2.23. The Morgan fingerprint density at radius 2 is 1.93 bits per heavy atom. The van der Waals surface area contributed by atoms with Crippen molar-refractivity contribution in [3.05, 3.63) is 57.8 Å². The number of nitrogens with two attached hydrogens (primary N) is 1. The van der Waals surface area contributed by atoms with Gasteiger partial charge in [0.25, 0.3) is 0 Å². The Bertz CT molecular complexity index is 819. The lowest BCUT2D eigenvalue weighted by Gasteiger charge is -2.27. The van der Waals surface area contributed by atoms with Gasteiger partial charge in [-0.15, -0.1) is 11.3 Å². The second-order valence-electron chi connectivity index (χ2n) is 6.65. The highest BCUT2D eigenvalue weighted by Crippen LogP contribution is 2.24. The van der Waals surface area contributed by atoms with Crippen molar-refractivity contribution >= 4 is 29.1 Å². The van der Waals surface area contributed by atoms with Crippen molar-refractivity contribution in [1.29, 1.82) is 0 Å². The van der Waals surface area contributed by atoms with Gasteiger partial charge in [-0.3, -0.25) is 14.4 Å². The molecule has 2 aromatic rings. The molecule has 3 amide bonds. The zero-order valence-electron chi connectivity index (χ0n) is 15.0. The molecule has 27 heavy (non-hydrogen) atoms. The fourth-order valence-corrected chi connectivity index (χ4v) is 4.07. The van der Waals surface area contributed by atoms with Gasteiger partial charge in [0.1, 0.15) is 6.04 Å². The molecule has 1 aliphatic heterocycles. The van der Waals surface area contributed by atoms with Gasteiger partial charge in [0.05, 0.1) is 0 Å². The summed E-state index contributed by atoms with van der Waals surface area (Å²) in [6.45, 7) is 1.29. The number of fused-ring (bicyclic) bond motifs is 1. The van der Waals surface area contributed by atoms with Crippen LogP contribution in [0.3, 0.4) is 0 Å². The third kappa shape index (κ3) is 5.17. The van der Waals surface area contributed by atoms with Gasteiger partial charge in [-0.25, -0.2) is 0 Å². The van der Waals surface area contributed by atoms with E-state index in [1.807, 2.05) is 41.8 Å². The summed E-state index contributed by atoms with van der Waals surface area (Å²) < 4.78 is 0. The van der Waals surface area contributed by atoms with Crippen molar-refractivity contribution in [2.45, 2.75) is 38.3 Å². The van der Waals surface area contributed by atoms with Gasteiger partial charge in [-0.05, 0) is 29.0 Å². The Morgan fingerprint density at radius 3 is 2.67 bits per heavy atom. The van der Waals surface area contributed by atoms with E-state index in [4.69, 9.17) is 5.73 Å². The molecule has 6 nitrogen and oxygen atoms in total. The number of carbonyl (C=O) groups is 3. The van der Waals surface area contributed by atoms with E-state index in [9.17, 15) is 14.4 Å². The first kappa shape index (κ1) is 19.1. The molecule has 0 saturated heterocycles. The quantitative estimate of drug-likeness (QED) is 0.759. The van der Waals surface area contributed by atoms with Crippen molar-refractivity contribution in [3.63, 3.8) is 0 Å². The monoisotopic (exact) mass is 385 g/mol. The van der Waals surface area contributed by atoms with Crippen LogP contribution in [-0.2, 0) is 33.8 Å². The molecule has 2 heterocycles. The largest absolute Gasteiger partial charge is 0.368 e. The summed E-state index contributed by atoms with van der Waals surface area (Å²) in [5, 5.41) is 4.70. The maximum Gasteiger partial charge on any atom is 0.240 e. The van der Waals surface area contributed by atoms with Gasteiger partial charge in [0.2, 0.25) is 17.7 Å². The van der Waals surface area contributed by atoms with Crippen LogP contribution in [0.1, 0.15) is 28.8 Å². The van der Waals surface area contributed by atoms with Gasteiger partial charge in [0, 0.05) is 37.2 Å². The van der Waals surface area contributed by atoms with Crippen molar-refractivity contribution in [3.8, 4) is 0 Å². The number of primary amides is 1. The SMILES string of the molecule is NC(=O)C(Cc1ccccc1)NC(=O)CCC(=O)N1CCc2sccc2C1. The van der Waals surface area contributed by atoms with Gasteiger partial charge >= 0.3 is 0 Å². The number of benzene rings is 1. The number of rotatable bonds is 7. The van der Waals surface area contributed by atoms with Gasteiger partial charge in [-0.1, -0.05) is 30.3 Å². The van der Waals surface area contributed by atoms with Crippen LogP contribution in [0.25, 0.3) is 0 Å². The average molecular weight is 385 g/mol. The fraction of sp³-hybridized carbons (Fsp3) is 0.350. The second-order valence-corrected chi connectivity index (χ2v) is 7.65. The van der Waals surface area contributed by atoms with Crippen LogP contribution >= 0.6 is 11.3 Å². The van der Waals surface area contributed by atoms with Crippen molar-refractivity contribution < 1.29 is 14.4 Å². The lowest BCUT2D eigenvalue weighted by molar-refractivity contribution is -0.134. The predicted octanol–water partition coefficient (Wildman–Crippen LogP) is 1.63. The number of nitrogens with zero attached hydrogens (tertiary/aromatic N) is 1. The number of nitrogens with one attached hydrogen (secondary N) is 1. The molecule has 0 bridgehead atoms.